The van der Waals surface area contributed by atoms with Crippen molar-refractivity contribution >= 4 is 0 Å². The molecule has 78 valence electrons. The van der Waals surface area contributed by atoms with E-state index in [1.807, 2.05) is 24.3 Å². The van der Waals surface area contributed by atoms with Gasteiger partial charge in [-0.2, -0.15) is 5.26 Å². The number of nitriles is 1. The average Bonchev–Trinajstić information content (AvgIpc) is 2.23. The molecule has 1 fully saturated rings. The molecule has 0 aliphatic carbocycles. The van der Waals surface area contributed by atoms with Crippen LogP contribution in [0.1, 0.15) is 24.1 Å². The molecule has 3 nitrogen and oxygen atoms in total. The van der Waals surface area contributed by atoms with Gasteiger partial charge in [0.25, 0.3) is 0 Å². The van der Waals surface area contributed by atoms with Gasteiger partial charge in [-0.1, -0.05) is 12.1 Å². The Morgan fingerprint density at radius 2 is 2.07 bits per heavy atom. The van der Waals surface area contributed by atoms with E-state index >= 15 is 0 Å². The lowest BCUT2D eigenvalue weighted by molar-refractivity contribution is -0.00925. The van der Waals surface area contributed by atoms with Gasteiger partial charge in [-0.05, 0) is 24.6 Å². The van der Waals surface area contributed by atoms with Crippen LogP contribution in [0, 0.1) is 11.3 Å². The molecule has 1 saturated heterocycles. The SMILES string of the molecule is CC(NC1COC1)c1ccc(C#N)cc1. The summed E-state index contributed by atoms with van der Waals surface area (Å²) >= 11 is 0. The maximum absolute atomic E-state index is 8.68. The van der Waals surface area contributed by atoms with E-state index in [9.17, 15) is 0 Å². The quantitative estimate of drug-likeness (QED) is 0.809. The van der Waals surface area contributed by atoms with Crippen LogP contribution >= 0.6 is 0 Å². The Hall–Kier alpha value is -1.37. The minimum absolute atomic E-state index is 0.312. The van der Waals surface area contributed by atoms with Crippen molar-refractivity contribution < 1.29 is 4.74 Å². The number of benzene rings is 1. The molecule has 0 amide bonds. The van der Waals surface area contributed by atoms with Crippen LogP contribution < -0.4 is 5.32 Å². The Kier molecular flexibility index (Phi) is 3.00. The van der Waals surface area contributed by atoms with E-state index < -0.39 is 0 Å². The first-order chi connectivity index (χ1) is 7.29. The summed E-state index contributed by atoms with van der Waals surface area (Å²) in [5.74, 6) is 0. The smallest absolute Gasteiger partial charge is 0.0991 e. The molecule has 1 aliphatic heterocycles. The van der Waals surface area contributed by atoms with E-state index in [4.69, 9.17) is 10.00 Å². The van der Waals surface area contributed by atoms with Crippen molar-refractivity contribution in [2.24, 2.45) is 0 Å². The molecule has 1 N–H and O–H groups in total. The second-order valence-electron chi connectivity index (χ2n) is 3.86. The molecule has 1 heterocycles. The van der Waals surface area contributed by atoms with Crippen LogP contribution in [0.25, 0.3) is 0 Å². The number of hydrogen-bond acceptors (Lipinski definition) is 3. The van der Waals surface area contributed by atoms with E-state index in [1.54, 1.807) is 0 Å². The monoisotopic (exact) mass is 202 g/mol. The third-order valence-corrected chi connectivity index (χ3v) is 2.66. The van der Waals surface area contributed by atoms with Crippen LogP contribution in [0.3, 0.4) is 0 Å². The van der Waals surface area contributed by atoms with E-state index in [2.05, 4.69) is 18.3 Å². The standard InChI is InChI=1S/C12H14N2O/c1-9(14-12-7-15-8-12)11-4-2-10(6-13)3-5-11/h2-5,9,12,14H,7-8H2,1H3. The van der Waals surface area contributed by atoms with Gasteiger partial charge in [-0.25, -0.2) is 0 Å². The first-order valence-electron chi connectivity index (χ1n) is 5.13. The highest BCUT2D eigenvalue weighted by Crippen LogP contribution is 2.15. The van der Waals surface area contributed by atoms with Crippen LogP contribution in [0.4, 0.5) is 0 Å². The summed E-state index contributed by atoms with van der Waals surface area (Å²) < 4.78 is 5.10. The summed E-state index contributed by atoms with van der Waals surface area (Å²) in [5.41, 5.74) is 1.92. The predicted molar refractivity (Wildman–Crippen MR) is 57.3 cm³/mol. The van der Waals surface area contributed by atoms with Crippen LogP contribution in [0.15, 0.2) is 24.3 Å². The molecule has 1 aromatic rings. The summed E-state index contributed by atoms with van der Waals surface area (Å²) in [6, 6.07) is 10.6. The van der Waals surface area contributed by atoms with Gasteiger partial charge in [0.1, 0.15) is 0 Å². The lowest BCUT2D eigenvalue weighted by Crippen LogP contribution is -2.46. The van der Waals surface area contributed by atoms with E-state index in [0.717, 1.165) is 13.2 Å². The molecular formula is C12H14N2O. The lowest BCUT2D eigenvalue weighted by atomic mass is 10.1. The number of rotatable bonds is 3. The molecule has 2 rings (SSSR count). The van der Waals surface area contributed by atoms with Gasteiger partial charge in [0, 0.05) is 6.04 Å². The van der Waals surface area contributed by atoms with Gasteiger partial charge < -0.3 is 10.1 Å². The van der Waals surface area contributed by atoms with Crippen molar-refractivity contribution in [3.05, 3.63) is 35.4 Å². The average molecular weight is 202 g/mol. The van der Waals surface area contributed by atoms with E-state index in [0.29, 0.717) is 17.6 Å². The van der Waals surface area contributed by atoms with E-state index in [-0.39, 0.29) is 0 Å². The lowest BCUT2D eigenvalue weighted by Gasteiger charge is -2.30. The van der Waals surface area contributed by atoms with Crippen molar-refractivity contribution in [3.63, 3.8) is 0 Å². The molecule has 0 bridgehead atoms. The number of hydrogen-bond donors (Lipinski definition) is 1. The van der Waals surface area contributed by atoms with Crippen molar-refractivity contribution in [1.29, 1.82) is 5.26 Å². The van der Waals surface area contributed by atoms with Crippen LogP contribution in [0.5, 0.6) is 0 Å². The molecule has 1 aromatic carbocycles. The number of nitrogens with one attached hydrogen (secondary N) is 1. The molecule has 0 radical (unpaired) electrons. The zero-order valence-electron chi connectivity index (χ0n) is 8.73. The Bertz CT molecular complexity index is 362. The molecule has 1 unspecified atom stereocenters. The molecule has 15 heavy (non-hydrogen) atoms. The maximum atomic E-state index is 8.68. The molecule has 1 aliphatic rings. The summed E-state index contributed by atoms with van der Waals surface area (Å²) in [4.78, 5) is 0. The fraction of sp³-hybridized carbons (Fsp3) is 0.417. The minimum Gasteiger partial charge on any atom is -0.378 e. The highest BCUT2D eigenvalue weighted by molar-refractivity contribution is 5.32. The zero-order chi connectivity index (χ0) is 10.7. The third-order valence-electron chi connectivity index (χ3n) is 2.66. The molecule has 0 saturated carbocycles. The fourth-order valence-electron chi connectivity index (χ4n) is 1.63. The third kappa shape index (κ3) is 2.35. The molecule has 3 heteroatoms. The topological polar surface area (TPSA) is 45.0 Å². The van der Waals surface area contributed by atoms with Gasteiger partial charge >= 0.3 is 0 Å². The Labute approximate surface area is 89.7 Å². The highest BCUT2D eigenvalue weighted by Gasteiger charge is 2.20. The van der Waals surface area contributed by atoms with E-state index in [1.165, 1.54) is 5.56 Å². The number of ether oxygens (including phenoxy) is 1. The summed E-state index contributed by atoms with van der Waals surface area (Å²) in [7, 11) is 0. The molecule has 0 spiro atoms. The van der Waals surface area contributed by atoms with Crippen LogP contribution in [-0.4, -0.2) is 19.3 Å². The van der Waals surface area contributed by atoms with Crippen molar-refractivity contribution in [2.75, 3.05) is 13.2 Å². The summed E-state index contributed by atoms with van der Waals surface area (Å²) in [6.45, 7) is 3.74. The highest BCUT2D eigenvalue weighted by atomic mass is 16.5. The van der Waals surface area contributed by atoms with Crippen molar-refractivity contribution in [2.45, 2.75) is 19.0 Å². The summed E-state index contributed by atoms with van der Waals surface area (Å²) in [5, 5.41) is 12.1. The van der Waals surface area contributed by atoms with Gasteiger partial charge in [0.2, 0.25) is 0 Å². The number of nitrogens with zero attached hydrogens (tertiary/aromatic N) is 1. The normalized spacial score (nSPS) is 17.9. The Morgan fingerprint density at radius 1 is 1.40 bits per heavy atom. The van der Waals surface area contributed by atoms with Crippen molar-refractivity contribution in [1.82, 2.24) is 5.32 Å². The molecule has 0 aromatic heterocycles. The minimum atomic E-state index is 0.312. The molecular weight excluding hydrogens is 188 g/mol. The molecule has 1 atom stereocenters. The van der Waals surface area contributed by atoms with Gasteiger partial charge in [0.05, 0.1) is 30.9 Å². The second kappa shape index (κ2) is 4.43. The van der Waals surface area contributed by atoms with Crippen LogP contribution in [-0.2, 0) is 4.74 Å². The van der Waals surface area contributed by atoms with Gasteiger partial charge in [-0.3, -0.25) is 0 Å². The second-order valence-corrected chi connectivity index (χ2v) is 3.86. The first kappa shape index (κ1) is 10.2. The Morgan fingerprint density at radius 3 is 2.53 bits per heavy atom. The predicted octanol–water partition coefficient (Wildman–Crippen LogP) is 1.61. The summed E-state index contributed by atoms with van der Waals surface area (Å²) in [6.07, 6.45) is 0. The van der Waals surface area contributed by atoms with Crippen LogP contribution in [0.2, 0.25) is 0 Å². The zero-order valence-corrected chi connectivity index (χ0v) is 8.73. The first-order valence-corrected chi connectivity index (χ1v) is 5.13. The fourth-order valence-corrected chi connectivity index (χ4v) is 1.63. The largest absolute Gasteiger partial charge is 0.378 e. The maximum Gasteiger partial charge on any atom is 0.0991 e. The van der Waals surface area contributed by atoms with Crippen molar-refractivity contribution in [3.8, 4) is 6.07 Å². The van der Waals surface area contributed by atoms with Gasteiger partial charge in [0.15, 0.2) is 0 Å². The Balaban J connectivity index is 1.98. The van der Waals surface area contributed by atoms with Gasteiger partial charge in [-0.15, -0.1) is 0 Å².